The van der Waals surface area contributed by atoms with Gasteiger partial charge in [0, 0.05) is 18.4 Å². The van der Waals surface area contributed by atoms with Gasteiger partial charge >= 0.3 is 0 Å². The van der Waals surface area contributed by atoms with Crippen molar-refractivity contribution >= 4 is 40.3 Å². The lowest BCUT2D eigenvalue weighted by molar-refractivity contribution is -0.113. The number of carbonyl (C=O) groups is 1. The number of benzene rings is 2. The summed E-state index contributed by atoms with van der Waals surface area (Å²) in [6.07, 6.45) is 3.96. The Labute approximate surface area is 162 Å². The maximum absolute atomic E-state index is 13.2. The van der Waals surface area contributed by atoms with Gasteiger partial charge in [-0.2, -0.15) is 0 Å². The van der Waals surface area contributed by atoms with Gasteiger partial charge in [-0.25, -0.2) is 4.99 Å². The van der Waals surface area contributed by atoms with E-state index in [0.29, 0.717) is 10.1 Å². The molecule has 1 aliphatic heterocycles. The van der Waals surface area contributed by atoms with Crippen LogP contribution in [0.2, 0.25) is 0 Å². The molecule has 0 saturated carbocycles. The molecule has 134 valence electrons. The van der Waals surface area contributed by atoms with E-state index in [2.05, 4.69) is 11.5 Å². The monoisotopic (exact) mass is 373 g/mol. The predicted molar refractivity (Wildman–Crippen MR) is 113 cm³/mol. The fraction of sp³-hybridized carbons (Fsp3) is 0.0909. The number of thioether (sulfide) groups is 1. The van der Waals surface area contributed by atoms with Crippen molar-refractivity contribution in [3.05, 3.63) is 89.6 Å². The molecule has 0 atom stereocenters. The van der Waals surface area contributed by atoms with Crippen molar-refractivity contribution < 1.29 is 4.79 Å². The molecule has 27 heavy (non-hydrogen) atoms. The van der Waals surface area contributed by atoms with Crippen LogP contribution in [0.4, 0.5) is 11.4 Å². The van der Waals surface area contributed by atoms with Gasteiger partial charge in [-0.3, -0.25) is 9.69 Å². The highest BCUT2D eigenvalue weighted by Crippen LogP contribution is 2.37. The molecule has 1 fully saturated rings. The van der Waals surface area contributed by atoms with E-state index in [0.717, 1.165) is 23.6 Å². The minimum atomic E-state index is -0.0512. The summed E-state index contributed by atoms with van der Waals surface area (Å²) in [5.41, 5.74) is 2.66. The first-order valence-electron chi connectivity index (χ1n) is 8.84. The Balaban J connectivity index is 1.77. The zero-order chi connectivity index (χ0) is 18.6. The van der Waals surface area contributed by atoms with Crippen LogP contribution in [0, 0.1) is 0 Å². The van der Waals surface area contributed by atoms with Gasteiger partial charge in [-0.1, -0.05) is 36.4 Å². The molecule has 0 radical (unpaired) electrons. The summed E-state index contributed by atoms with van der Waals surface area (Å²) in [4.78, 5) is 20.3. The SMILES string of the molecule is CCn1cccc1/C=C1\SC(=Nc2ccccc2)N(c2ccccc2)C1=O. The largest absolute Gasteiger partial charge is 0.348 e. The maximum Gasteiger partial charge on any atom is 0.271 e. The first kappa shape index (κ1) is 17.4. The van der Waals surface area contributed by atoms with Gasteiger partial charge in [-0.05, 0) is 61.2 Å². The van der Waals surface area contributed by atoms with Gasteiger partial charge in [0.05, 0.1) is 16.3 Å². The third-order valence-corrected chi connectivity index (χ3v) is 5.25. The van der Waals surface area contributed by atoms with E-state index < -0.39 is 0 Å². The maximum atomic E-state index is 13.2. The van der Waals surface area contributed by atoms with Crippen molar-refractivity contribution in [1.29, 1.82) is 0 Å². The van der Waals surface area contributed by atoms with Crippen LogP contribution >= 0.6 is 11.8 Å². The molecule has 2 aromatic carbocycles. The average Bonchev–Trinajstić information content (AvgIpc) is 3.28. The van der Waals surface area contributed by atoms with E-state index >= 15 is 0 Å². The topological polar surface area (TPSA) is 37.6 Å². The average molecular weight is 373 g/mol. The van der Waals surface area contributed by atoms with Gasteiger partial charge in [0.15, 0.2) is 5.17 Å². The lowest BCUT2D eigenvalue weighted by atomic mass is 10.3. The second kappa shape index (κ2) is 7.68. The number of hydrogen-bond donors (Lipinski definition) is 0. The van der Waals surface area contributed by atoms with Gasteiger partial charge in [0.1, 0.15) is 0 Å². The summed E-state index contributed by atoms with van der Waals surface area (Å²) >= 11 is 1.41. The highest BCUT2D eigenvalue weighted by Gasteiger charge is 2.34. The van der Waals surface area contributed by atoms with Crippen molar-refractivity contribution in [3.8, 4) is 0 Å². The molecule has 2 heterocycles. The van der Waals surface area contributed by atoms with E-state index in [4.69, 9.17) is 4.99 Å². The van der Waals surface area contributed by atoms with Gasteiger partial charge < -0.3 is 4.57 Å². The number of aromatic nitrogens is 1. The van der Waals surface area contributed by atoms with Crippen LogP contribution in [-0.4, -0.2) is 15.6 Å². The van der Waals surface area contributed by atoms with Crippen LogP contribution in [0.15, 0.2) is 88.9 Å². The van der Waals surface area contributed by atoms with E-state index in [1.165, 1.54) is 11.8 Å². The van der Waals surface area contributed by atoms with Crippen LogP contribution in [0.5, 0.6) is 0 Å². The minimum Gasteiger partial charge on any atom is -0.348 e. The standard InChI is InChI=1S/C22H19N3OS/c1-2-24-15-9-14-19(24)16-20-21(26)25(18-12-7-4-8-13-18)22(27-20)23-17-10-5-3-6-11-17/h3-16H,2H2,1H3/b20-16-,23-22?. The number of aryl methyl sites for hydroxylation is 1. The van der Waals surface area contributed by atoms with E-state index in [1.807, 2.05) is 85.1 Å². The Morgan fingerprint density at radius 3 is 2.37 bits per heavy atom. The normalized spacial score (nSPS) is 17.2. The van der Waals surface area contributed by atoms with Crippen LogP contribution in [0.3, 0.4) is 0 Å². The van der Waals surface area contributed by atoms with Crippen molar-refractivity contribution in [1.82, 2.24) is 4.57 Å². The molecule has 0 unspecified atom stereocenters. The quantitative estimate of drug-likeness (QED) is 0.581. The molecule has 0 bridgehead atoms. The number of para-hydroxylation sites is 2. The van der Waals surface area contributed by atoms with Crippen molar-refractivity contribution in [3.63, 3.8) is 0 Å². The number of aliphatic imine (C=N–C) groups is 1. The molecular formula is C22H19N3OS. The number of amidine groups is 1. The third-order valence-electron chi connectivity index (χ3n) is 4.29. The molecule has 1 aromatic heterocycles. The number of anilines is 1. The molecule has 0 N–H and O–H groups in total. The summed E-state index contributed by atoms with van der Waals surface area (Å²) in [7, 11) is 0. The lowest BCUT2D eigenvalue weighted by Gasteiger charge is -2.15. The third kappa shape index (κ3) is 3.59. The highest BCUT2D eigenvalue weighted by molar-refractivity contribution is 8.19. The van der Waals surface area contributed by atoms with E-state index in [9.17, 15) is 4.79 Å². The molecule has 5 heteroatoms. The number of hydrogen-bond acceptors (Lipinski definition) is 3. The van der Waals surface area contributed by atoms with Crippen LogP contribution < -0.4 is 4.90 Å². The zero-order valence-electron chi connectivity index (χ0n) is 14.9. The Hall–Kier alpha value is -3.05. The van der Waals surface area contributed by atoms with E-state index in [1.54, 1.807) is 4.90 Å². The molecule has 1 amide bonds. The number of amides is 1. The molecular weight excluding hydrogens is 354 g/mol. The predicted octanol–water partition coefficient (Wildman–Crippen LogP) is 5.32. The Morgan fingerprint density at radius 2 is 1.67 bits per heavy atom. The summed E-state index contributed by atoms with van der Waals surface area (Å²) < 4.78 is 2.11. The number of rotatable bonds is 4. The zero-order valence-corrected chi connectivity index (χ0v) is 15.8. The molecule has 0 spiro atoms. The minimum absolute atomic E-state index is 0.0512. The summed E-state index contributed by atoms with van der Waals surface area (Å²) in [5, 5.41) is 0.665. The second-order valence-corrected chi connectivity index (χ2v) is 7.04. The van der Waals surface area contributed by atoms with Crippen molar-refractivity contribution in [2.75, 3.05) is 4.90 Å². The summed E-state index contributed by atoms with van der Waals surface area (Å²) in [5.74, 6) is -0.0512. The van der Waals surface area contributed by atoms with Gasteiger partial charge in [0.25, 0.3) is 5.91 Å². The summed E-state index contributed by atoms with van der Waals surface area (Å²) in [6, 6.07) is 23.4. The summed E-state index contributed by atoms with van der Waals surface area (Å²) in [6.45, 7) is 2.95. The Kier molecular flexibility index (Phi) is 4.94. The first-order chi connectivity index (χ1) is 13.3. The second-order valence-electron chi connectivity index (χ2n) is 6.04. The number of carbonyl (C=O) groups excluding carboxylic acids is 1. The fourth-order valence-corrected chi connectivity index (χ4v) is 3.93. The van der Waals surface area contributed by atoms with Crippen molar-refractivity contribution in [2.24, 2.45) is 4.99 Å². The Morgan fingerprint density at radius 1 is 0.963 bits per heavy atom. The van der Waals surface area contributed by atoms with Crippen LogP contribution in [0.1, 0.15) is 12.6 Å². The molecule has 4 rings (SSSR count). The first-order valence-corrected chi connectivity index (χ1v) is 9.66. The smallest absolute Gasteiger partial charge is 0.271 e. The van der Waals surface area contributed by atoms with Gasteiger partial charge in [0.2, 0.25) is 0 Å². The lowest BCUT2D eigenvalue weighted by Crippen LogP contribution is -2.28. The van der Waals surface area contributed by atoms with E-state index in [-0.39, 0.29) is 5.91 Å². The van der Waals surface area contributed by atoms with Crippen LogP contribution in [-0.2, 0) is 11.3 Å². The fourth-order valence-electron chi connectivity index (χ4n) is 2.95. The van der Waals surface area contributed by atoms with Crippen molar-refractivity contribution in [2.45, 2.75) is 13.5 Å². The molecule has 4 nitrogen and oxygen atoms in total. The van der Waals surface area contributed by atoms with Crippen LogP contribution in [0.25, 0.3) is 6.08 Å². The molecule has 1 saturated heterocycles. The molecule has 3 aromatic rings. The Bertz CT molecular complexity index is 1010. The molecule has 1 aliphatic rings. The highest BCUT2D eigenvalue weighted by atomic mass is 32.2. The molecule has 0 aliphatic carbocycles. The van der Waals surface area contributed by atoms with Gasteiger partial charge in [-0.15, -0.1) is 0 Å². The number of nitrogens with zero attached hydrogens (tertiary/aromatic N) is 3.